The minimum atomic E-state index is 0.00531. The quantitative estimate of drug-likeness (QED) is 0.762. The average molecular weight is 349 g/mol. The van der Waals surface area contributed by atoms with Crippen LogP contribution in [0.25, 0.3) is 11.0 Å². The summed E-state index contributed by atoms with van der Waals surface area (Å²) in [6.45, 7) is 6.10. The molecule has 0 unspecified atom stereocenters. The third kappa shape index (κ3) is 3.10. The van der Waals surface area contributed by atoms with Crippen LogP contribution in [0.2, 0.25) is 0 Å². The van der Waals surface area contributed by atoms with Crippen molar-refractivity contribution in [2.75, 3.05) is 19.8 Å². The van der Waals surface area contributed by atoms with E-state index < -0.39 is 0 Å². The number of ether oxygens (including phenoxy) is 2. The lowest BCUT2D eigenvalue weighted by Gasteiger charge is -2.28. The third-order valence-electron chi connectivity index (χ3n) is 4.62. The Balaban J connectivity index is 1.78. The number of rotatable bonds is 5. The van der Waals surface area contributed by atoms with Crippen LogP contribution in [-0.4, -0.2) is 29.7 Å². The minimum Gasteiger partial charge on any atom is -0.490 e. The Hall–Kier alpha value is -2.66. The van der Waals surface area contributed by atoms with Crippen LogP contribution in [0.3, 0.4) is 0 Å². The van der Waals surface area contributed by atoms with E-state index >= 15 is 0 Å². The summed E-state index contributed by atoms with van der Waals surface area (Å²) in [6.07, 6.45) is 2.82. The molecular formula is C21H23N3O2. The molecule has 0 amide bonds. The van der Waals surface area contributed by atoms with E-state index in [0.717, 1.165) is 41.2 Å². The Morgan fingerprint density at radius 3 is 2.54 bits per heavy atom. The van der Waals surface area contributed by atoms with E-state index in [-0.39, 0.29) is 6.04 Å². The first-order valence-electron chi connectivity index (χ1n) is 9.17. The van der Waals surface area contributed by atoms with E-state index in [9.17, 15) is 0 Å². The van der Waals surface area contributed by atoms with Crippen LogP contribution in [0.15, 0.2) is 42.6 Å². The predicted molar refractivity (Wildman–Crippen MR) is 102 cm³/mol. The van der Waals surface area contributed by atoms with Crippen LogP contribution in [0.5, 0.6) is 11.5 Å². The van der Waals surface area contributed by atoms with Crippen LogP contribution in [0, 0.1) is 0 Å². The van der Waals surface area contributed by atoms with E-state index in [1.165, 1.54) is 11.1 Å². The fourth-order valence-electron chi connectivity index (χ4n) is 3.48. The summed E-state index contributed by atoms with van der Waals surface area (Å²) in [5.74, 6) is 1.61. The Kier molecular flexibility index (Phi) is 4.71. The summed E-state index contributed by atoms with van der Waals surface area (Å²) in [7, 11) is 0. The van der Waals surface area contributed by atoms with Crippen molar-refractivity contribution in [2.45, 2.75) is 26.3 Å². The molecule has 26 heavy (non-hydrogen) atoms. The van der Waals surface area contributed by atoms with Gasteiger partial charge in [-0.25, -0.2) is 4.98 Å². The van der Waals surface area contributed by atoms with Crippen LogP contribution in [-0.2, 0) is 6.42 Å². The molecule has 1 aliphatic heterocycles. The molecule has 0 spiro atoms. The van der Waals surface area contributed by atoms with Crippen LogP contribution in [0.1, 0.15) is 36.7 Å². The zero-order valence-electron chi connectivity index (χ0n) is 15.2. The van der Waals surface area contributed by atoms with Crippen LogP contribution in [0.4, 0.5) is 0 Å². The molecule has 1 aromatic heterocycles. The van der Waals surface area contributed by atoms with Crippen molar-refractivity contribution in [3.8, 4) is 11.5 Å². The summed E-state index contributed by atoms with van der Waals surface area (Å²) in [4.78, 5) is 9.41. The first-order chi connectivity index (χ1) is 12.8. The van der Waals surface area contributed by atoms with E-state index in [4.69, 9.17) is 14.5 Å². The van der Waals surface area contributed by atoms with Crippen molar-refractivity contribution in [1.82, 2.24) is 15.3 Å². The van der Waals surface area contributed by atoms with E-state index in [2.05, 4.69) is 22.4 Å². The second kappa shape index (κ2) is 7.30. The van der Waals surface area contributed by atoms with Crippen LogP contribution >= 0.6 is 0 Å². The molecule has 0 aliphatic carbocycles. The van der Waals surface area contributed by atoms with Gasteiger partial charge in [-0.2, -0.15) is 0 Å². The number of nitrogens with one attached hydrogen (secondary N) is 1. The normalized spacial score (nSPS) is 16.3. The number of para-hydroxylation sites is 2. The number of hydrogen-bond donors (Lipinski definition) is 1. The van der Waals surface area contributed by atoms with E-state index in [0.29, 0.717) is 13.2 Å². The average Bonchev–Trinajstić information content (AvgIpc) is 2.68. The second-order valence-corrected chi connectivity index (χ2v) is 6.28. The van der Waals surface area contributed by atoms with Crippen molar-refractivity contribution in [3.63, 3.8) is 0 Å². The number of aromatic nitrogens is 2. The largest absolute Gasteiger partial charge is 0.490 e. The van der Waals surface area contributed by atoms with Crippen molar-refractivity contribution in [3.05, 3.63) is 59.4 Å². The monoisotopic (exact) mass is 349 g/mol. The summed E-state index contributed by atoms with van der Waals surface area (Å²) in [6, 6.07) is 12.2. The maximum absolute atomic E-state index is 5.82. The molecular weight excluding hydrogens is 326 g/mol. The van der Waals surface area contributed by atoms with Gasteiger partial charge in [0.1, 0.15) is 0 Å². The minimum absolute atomic E-state index is 0.00531. The Morgan fingerprint density at radius 1 is 1.04 bits per heavy atom. The zero-order chi connectivity index (χ0) is 17.9. The Morgan fingerprint density at radius 2 is 1.77 bits per heavy atom. The highest BCUT2D eigenvalue weighted by molar-refractivity contribution is 5.73. The maximum Gasteiger partial charge on any atom is 0.161 e. The van der Waals surface area contributed by atoms with Gasteiger partial charge in [0.2, 0.25) is 0 Å². The molecule has 1 atom stereocenters. The molecule has 0 fully saturated rings. The maximum atomic E-state index is 5.82. The molecule has 3 aromatic rings. The molecule has 2 aromatic carbocycles. The Labute approximate surface area is 153 Å². The highest BCUT2D eigenvalue weighted by atomic mass is 16.5. The van der Waals surface area contributed by atoms with E-state index in [1.807, 2.05) is 44.3 Å². The van der Waals surface area contributed by atoms with Gasteiger partial charge in [-0.3, -0.25) is 4.98 Å². The van der Waals surface area contributed by atoms with Crippen molar-refractivity contribution < 1.29 is 9.47 Å². The molecule has 1 aliphatic rings. The second-order valence-electron chi connectivity index (χ2n) is 6.28. The number of hydrogen-bond acceptors (Lipinski definition) is 5. The molecule has 1 N–H and O–H groups in total. The smallest absolute Gasteiger partial charge is 0.161 e. The molecule has 0 saturated heterocycles. The van der Waals surface area contributed by atoms with Gasteiger partial charge in [0.15, 0.2) is 11.5 Å². The molecule has 0 saturated carbocycles. The zero-order valence-corrected chi connectivity index (χ0v) is 15.2. The summed E-state index contributed by atoms with van der Waals surface area (Å²) >= 11 is 0. The van der Waals surface area contributed by atoms with Gasteiger partial charge in [0.05, 0.1) is 42.2 Å². The SMILES string of the molecule is CCOc1cc2c(cc1OCC)[C@@H](c1cnc3ccccc3n1)NCC2. The molecule has 2 heterocycles. The topological polar surface area (TPSA) is 56.3 Å². The van der Waals surface area contributed by atoms with Crippen molar-refractivity contribution in [1.29, 1.82) is 0 Å². The van der Waals surface area contributed by atoms with Gasteiger partial charge in [-0.1, -0.05) is 12.1 Å². The lowest BCUT2D eigenvalue weighted by atomic mass is 9.92. The highest BCUT2D eigenvalue weighted by Gasteiger charge is 2.25. The molecule has 0 radical (unpaired) electrons. The standard InChI is InChI=1S/C21H23N3O2/c1-3-25-19-11-14-9-10-22-21(15(14)12-20(19)26-4-2)18-13-23-16-7-5-6-8-17(16)24-18/h5-8,11-13,21-22H,3-4,9-10H2,1-2H3/t21-/m0/s1. The number of nitrogens with zero attached hydrogens (tertiary/aromatic N) is 2. The molecule has 0 bridgehead atoms. The molecule has 134 valence electrons. The fourth-order valence-corrected chi connectivity index (χ4v) is 3.48. The highest BCUT2D eigenvalue weighted by Crippen LogP contribution is 2.37. The van der Waals surface area contributed by atoms with Crippen molar-refractivity contribution >= 4 is 11.0 Å². The summed E-state index contributed by atoms with van der Waals surface area (Å²) in [5, 5.41) is 3.58. The lowest BCUT2D eigenvalue weighted by Crippen LogP contribution is -2.31. The van der Waals surface area contributed by atoms with Crippen LogP contribution < -0.4 is 14.8 Å². The molecule has 5 nitrogen and oxygen atoms in total. The number of benzene rings is 2. The first-order valence-corrected chi connectivity index (χ1v) is 9.17. The molecule has 4 rings (SSSR count). The third-order valence-corrected chi connectivity index (χ3v) is 4.62. The van der Waals surface area contributed by atoms with Gasteiger partial charge in [-0.15, -0.1) is 0 Å². The van der Waals surface area contributed by atoms with Gasteiger partial charge in [-0.05, 0) is 55.7 Å². The summed E-state index contributed by atoms with van der Waals surface area (Å²) in [5.41, 5.74) is 5.21. The predicted octanol–water partition coefficient (Wildman–Crippen LogP) is 3.66. The number of fused-ring (bicyclic) bond motifs is 2. The van der Waals surface area contributed by atoms with Gasteiger partial charge in [0, 0.05) is 6.54 Å². The fraction of sp³-hybridized carbons (Fsp3) is 0.333. The van der Waals surface area contributed by atoms with Crippen molar-refractivity contribution in [2.24, 2.45) is 0 Å². The molecule has 5 heteroatoms. The summed E-state index contributed by atoms with van der Waals surface area (Å²) < 4.78 is 11.6. The Bertz CT molecular complexity index is 926. The first kappa shape index (κ1) is 16.8. The lowest BCUT2D eigenvalue weighted by molar-refractivity contribution is 0.286. The van der Waals surface area contributed by atoms with E-state index in [1.54, 1.807) is 0 Å². The van der Waals surface area contributed by atoms with Gasteiger partial charge < -0.3 is 14.8 Å². The van der Waals surface area contributed by atoms with Gasteiger partial charge >= 0.3 is 0 Å². The van der Waals surface area contributed by atoms with Gasteiger partial charge in [0.25, 0.3) is 0 Å².